The molecule has 4 aliphatic carbocycles. The van der Waals surface area contributed by atoms with Crippen LogP contribution in [0.1, 0.15) is 54.9 Å². The summed E-state index contributed by atoms with van der Waals surface area (Å²) < 4.78 is 16.7. The molecule has 8 nitrogen and oxygen atoms in total. The summed E-state index contributed by atoms with van der Waals surface area (Å²) in [6.07, 6.45) is 0.950. The third-order valence-corrected chi connectivity index (χ3v) is 8.96. The molecule has 0 aromatic heterocycles. The SMILES string of the molecule is CC(=O)OCC1=C[C@@H]2C(O)[C@]3(C=C(C)[C@H](OC(C)=O)[C@@]3(O)[C@@H]1OC(C)=O)[C@H](C)C[C@@H]1[C@H]2C1(C)C. The Labute approximate surface area is 200 Å². The van der Waals surface area contributed by atoms with Gasteiger partial charge in [0.25, 0.3) is 0 Å². The molecule has 0 aliphatic heterocycles. The van der Waals surface area contributed by atoms with Gasteiger partial charge in [-0.3, -0.25) is 14.4 Å². The molecular formula is C26H36O8. The van der Waals surface area contributed by atoms with Gasteiger partial charge < -0.3 is 24.4 Å². The van der Waals surface area contributed by atoms with E-state index in [2.05, 4.69) is 13.8 Å². The van der Waals surface area contributed by atoms with Crippen LogP contribution in [-0.4, -0.2) is 58.6 Å². The lowest BCUT2D eigenvalue weighted by atomic mass is 9.58. The van der Waals surface area contributed by atoms with E-state index in [0.717, 1.165) is 6.42 Å². The van der Waals surface area contributed by atoms with Crippen LogP contribution in [0.15, 0.2) is 23.3 Å². The number of hydrogen-bond acceptors (Lipinski definition) is 8. The molecule has 8 heteroatoms. The number of ether oxygens (including phenoxy) is 3. The molecule has 2 fully saturated rings. The molecule has 0 radical (unpaired) electrons. The van der Waals surface area contributed by atoms with Gasteiger partial charge in [0.05, 0.1) is 11.5 Å². The highest BCUT2D eigenvalue weighted by Gasteiger charge is 2.77. The molecular weight excluding hydrogens is 440 g/mol. The Bertz CT molecular complexity index is 979. The topological polar surface area (TPSA) is 119 Å². The van der Waals surface area contributed by atoms with E-state index >= 15 is 0 Å². The first-order valence-electron chi connectivity index (χ1n) is 12.0. The highest BCUT2D eigenvalue weighted by molar-refractivity contribution is 5.69. The third kappa shape index (κ3) is 3.28. The second kappa shape index (κ2) is 7.92. The number of aliphatic hydroxyl groups excluding tert-OH is 1. The van der Waals surface area contributed by atoms with E-state index in [-0.39, 0.29) is 29.8 Å². The number of rotatable bonds is 4. The number of carbonyl (C=O) groups excluding carboxylic acids is 3. The van der Waals surface area contributed by atoms with Crippen molar-refractivity contribution in [2.45, 2.75) is 78.8 Å². The van der Waals surface area contributed by atoms with Gasteiger partial charge in [0.1, 0.15) is 6.61 Å². The second-order valence-electron chi connectivity index (χ2n) is 11.3. The van der Waals surface area contributed by atoms with E-state index in [4.69, 9.17) is 14.2 Å². The molecule has 0 heterocycles. The summed E-state index contributed by atoms with van der Waals surface area (Å²) in [4.78, 5) is 36.1. The van der Waals surface area contributed by atoms with Gasteiger partial charge in [-0.25, -0.2) is 0 Å². The minimum absolute atomic E-state index is 0.0173. The molecule has 0 aromatic carbocycles. The van der Waals surface area contributed by atoms with Crippen molar-refractivity contribution in [1.29, 1.82) is 0 Å². The van der Waals surface area contributed by atoms with Gasteiger partial charge in [0, 0.05) is 32.3 Å². The van der Waals surface area contributed by atoms with Crippen LogP contribution >= 0.6 is 0 Å². The molecule has 2 bridgehead atoms. The quantitative estimate of drug-likeness (QED) is 0.360. The number of aliphatic hydroxyl groups is 2. The van der Waals surface area contributed by atoms with Crippen molar-refractivity contribution < 1.29 is 38.8 Å². The van der Waals surface area contributed by atoms with Gasteiger partial charge in [-0.15, -0.1) is 0 Å². The summed E-state index contributed by atoms with van der Waals surface area (Å²) in [6.45, 7) is 11.6. The molecule has 2 saturated carbocycles. The average Bonchev–Trinajstić information content (AvgIpc) is 3.20. The van der Waals surface area contributed by atoms with Crippen LogP contribution in [0.2, 0.25) is 0 Å². The lowest BCUT2D eigenvalue weighted by Crippen LogP contribution is -2.67. The Morgan fingerprint density at radius 1 is 1.06 bits per heavy atom. The normalized spacial score (nSPS) is 43.7. The fourth-order valence-corrected chi connectivity index (χ4v) is 7.55. The minimum atomic E-state index is -1.99. The molecule has 9 atom stereocenters. The zero-order chi connectivity index (χ0) is 25.4. The molecule has 4 aliphatic rings. The average molecular weight is 477 g/mol. The Kier molecular flexibility index (Phi) is 5.80. The molecule has 1 unspecified atom stereocenters. The standard InChI is InChI=1S/C26H36O8/c1-12-10-25-13(2)8-19-20(24(19,6)7)18(21(25)30)9-17(11-32-14(3)27)23(34-16(5)29)26(25,31)22(12)33-15(4)28/h9-10,13,18-23,30-31H,8,11H2,1-7H3/t13-,18+,19-,20+,21?,22+,23-,25+,26-/m1/s1. The van der Waals surface area contributed by atoms with E-state index in [0.29, 0.717) is 17.1 Å². The van der Waals surface area contributed by atoms with Crippen LogP contribution < -0.4 is 0 Å². The smallest absolute Gasteiger partial charge is 0.303 e. The van der Waals surface area contributed by atoms with E-state index in [1.54, 1.807) is 6.92 Å². The predicted octanol–water partition coefficient (Wildman–Crippen LogP) is 2.32. The van der Waals surface area contributed by atoms with E-state index in [1.165, 1.54) is 20.8 Å². The first kappa shape index (κ1) is 24.9. The van der Waals surface area contributed by atoms with Gasteiger partial charge in [0.2, 0.25) is 0 Å². The maximum atomic E-state index is 12.7. The molecule has 34 heavy (non-hydrogen) atoms. The zero-order valence-electron chi connectivity index (χ0n) is 21.0. The maximum Gasteiger partial charge on any atom is 0.303 e. The minimum Gasteiger partial charge on any atom is -0.461 e. The highest BCUT2D eigenvalue weighted by atomic mass is 16.6. The lowest BCUT2D eigenvalue weighted by Gasteiger charge is -2.52. The van der Waals surface area contributed by atoms with Crippen molar-refractivity contribution in [3.05, 3.63) is 23.3 Å². The van der Waals surface area contributed by atoms with E-state index < -0.39 is 47.2 Å². The first-order valence-corrected chi connectivity index (χ1v) is 12.0. The van der Waals surface area contributed by atoms with E-state index in [9.17, 15) is 24.6 Å². The third-order valence-electron chi connectivity index (χ3n) is 8.96. The van der Waals surface area contributed by atoms with Crippen LogP contribution in [0.4, 0.5) is 0 Å². The van der Waals surface area contributed by atoms with Gasteiger partial charge in [-0.1, -0.05) is 32.9 Å². The van der Waals surface area contributed by atoms with Crippen LogP contribution in [-0.2, 0) is 28.6 Å². The van der Waals surface area contributed by atoms with Gasteiger partial charge in [0.15, 0.2) is 17.8 Å². The predicted molar refractivity (Wildman–Crippen MR) is 121 cm³/mol. The van der Waals surface area contributed by atoms with Gasteiger partial charge in [-0.05, 0) is 42.1 Å². The molecule has 0 aromatic rings. The lowest BCUT2D eigenvalue weighted by molar-refractivity contribution is -0.231. The summed E-state index contributed by atoms with van der Waals surface area (Å²) in [6, 6.07) is 0. The Hall–Kier alpha value is -2.19. The molecule has 4 rings (SSSR count). The molecule has 2 N–H and O–H groups in total. The number of esters is 3. The fraction of sp³-hybridized carbons (Fsp3) is 0.731. The zero-order valence-corrected chi connectivity index (χ0v) is 21.0. The van der Waals surface area contributed by atoms with Crippen LogP contribution in [0, 0.1) is 34.5 Å². The largest absolute Gasteiger partial charge is 0.461 e. The van der Waals surface area contributed by atoms with Gasteiger partial charge >= 0.3 is 17.9 Å². The Balaban J connectivity index is 1.98. The summed E-state index contributed by atoms with van der Waals surface area (Å²) in [5, 5.41) is 24.7. The number of fused-ring (bicyclic) bond motifs is 3. The fourth-order valence-electron chi connectivity index (χ4n) is 7.55. The van der Waals surface area contributed by atoms with Crippen molar-refractivity contribution in [2.75, 3.05) is 6.61 Å². The van der Waals surface area contributed by atoms with Crippen molar-refractivity contribution in [2.24, 2.45) is 34.5 Å². The summed E-state index contributed by atoms with van der Waals surface area (Å²) in [7, 11) is 0. The van der Waals surface area contributed by atoms with Crippen molar-refractivity contribution in [3.63, 3.8) is 0 Å². The van der Waals surface area contributed by atoms with Crippen molar-refractivity contribution in [3.8, 4) is 0 Å². The van der Waals surface area contributed by atoms with Crippen LogP contribution in [0.3, 0.4) is 0 Å². The second-order valence-corrected chi connectivity index (χ2v) is 11.3. The molecule has 1 spiro atoms. The summed E-state index contributed by atoms with van der Waals surface area (Å²) in [5.74, 6) is -1.90. The van der Waals surface area contributed by atoms with Crippen LogP contribution in [0.25, 0.3) is 0 Å². The molecule has 0 saturated heterocycles. The van der Waals surface area contributed by atoms with Gasteiger partial charge in [-0.2, -0.15) is 0 Å². The Morgan fingerprint density at radius 3 is 2.21 bits per heavy atom. The molecule has 188 valence electrons. The number of carbonyl (C=O) groups is 3. The Morgan fingerprint density at radius 2 is 1.65 bits per heavy atom. The van der Waals surface area contributed by atoms with Crippen molar-refractivity contribution >= 4 is 17.9 Å². The molecule has 0 amide bonds. The monoisotopic (exact) mass is 476 g/mol. The first-order chi connectivity index (χ1) is 15.7. The van der Waals surface area contributed by atoms with Crippen LogP contribution in [0.5, 0.6) is 0 Å². The summed E-state index contributed by atoms with van der Waals surface area (Å²) >= 11 is 0. The van der Waals surface area contributed by atoms with E-state index in [1.807, 2.05) is 19.1 Å². The van der Waals surface area contributed by atoms with Crippen molar-refractivity contribution in [1.82, 2.24) is 0 Å². The maximum absolute atomic E-state index is 12.7. The summed E-state index contributed by atoms with van der Waals surface area (Å²) in [5.41, 5.74) is -2.29. The highest BCUT2D eigenvalue weighted by Crippen LogP contribution is 2.73. The number of hydrogen-bond donors (Lipinski definition) is 2.